The first-order valence-electron chi connectivity index (χ1n) is 12.1. The predicted molar refractivity (Wildman–Crippen MR) is 124 cm³/mol. The minimum Gasteiger partial charge on any atom is -0.444 e. The minimum absolute atomic E-state index is 0.453. The third-order valence-electron chi connectivity index (χ3n) is 7.47. The highest BCUT2D eigenvalue weighted by molar-refractivity contribution is 5.79. The van der Waals surface area contributed by atoms with Crippen LogP contribution in [0.2, 0.25) is 0 Å². The standard InChI is InChI=1S/C24H43N5O/c1-17(22-9-7-6-8-10-22)18(2)28-24(25-5)26-15-21-11-13-29(14-12-21)16-23-27-19(3)20(4)30-23/h17-18,21-22H,6-16H2,1-5H3,(H2,25,26,28). The zero-order valence-corrected chi connectivity index (χ0v) is 19.8. The maximum absolute atomic E-state index is 5.75. The van der Waals surface area contributed by atoms with Gasteiger partial charge in [-0.05, 0) is 64.5 Å². The lowest BCUT2D eigenvalue weighted by atomic mass is 9.78. The van der Waals surface area contributed by atoms with Crippen molar-refractivity contribution in [2.45, 2.75) is 85.2 Å². The van der Waals surface area contributed by atoms with Crippen LogP contribution in [0.5, 0.6) is 0 Å². The Labute approximate surface area is 183 Å². The van der Waals surface area contributed by atoms with Crippen LogP contribution in [0, 0.1) is 31.6 Å². The van der Waals surface area contributed by atoms with E-state index < -0.39 is 0 Å². The third-order valence-corrected chi connectivity index (χ3v) is 7.47. The maximum atomic E-state index is 5.75. The molecule has 2 N–H and O–H groups in total. The number of hydrogen-bond acceptors (Lipinski definition) is 4. The highest BCUT2D eigenvalue weighted by Gasteiger charge is 2.25. The van der Waals surface area contributed by atoms with Gasteiger partial charge in [-0.1, -0.05) is 39.0 Å². The van der Waals surface area contributed by atoms with Crippen LogP contribution in [-0.2, 0) is 6.54 Å². The van der Waals surface area contributed by atoms with Gasteiger partial charge in [-0.15, -0.1) is 0 Å². The highest BCUT2D eigenvalue weighted by atomic mass is 16.4. The van der Waals surface area contributed by atoms with Crippen molar-refractivity contribution in [3.05, 3.63) is 17.3 Å². The number of guanidine groups is 1. The number of nitrogens with zero attached hydrogens (tertiary/aromatic N) is 3. The van der Waals surface area contributed by atoms with E-state index in [-0.39, 0.29) is 0 Å². The van der Waals surface area contributed by atoms with Gasteiger partial charge < -0.3 is 15.1 Å². The molecule has 6 heteroatoms. The molecule has 0 spiro atoms. The molecule has 2 aliphatic rings. The molecule has 0 bridgehead atoms. The Morgan fingerprint density at radius 2 is 1.83 bits per heavy atom. The van der Waals surface area contributed by atoms with E-state index in [1.807, 2.05) is 20.9 Å². The number of hydrogen-bond donors (Lipinski definition) is 2. The zero-order valence-electron chi connectivity index (χ0n) is 19.8. The molecule has 170 valence electrons. The van der Waals surface area contributed by atoms with Crippen LogP contribution in [0.15, 0.2) is 9.41 Å². The lowest BCUT2D eigenvalue weighted by Crippen LogP contribution is -2.48. The quantitative estimate of drug-likeness (QED) is 0.512. The second-order valence-corrected chi connectivity index (χ2v) is 9.61. The topological polar surface area (TPSA) is 65.7 Å². The molecule has 1 aliphatic heterocycles. The van der Waals surface area contributed by atoms with Crippen LogP contribution >= 0.6 is 0 Å². The van der Waals surface area contributed by atoms with Gasteiger partial charge in [-0.3, -0.25) is 9.89 Å². The molecule has 0 aromatic carbocycles. The Bertz CT molecular complexity index is 652. The average molecular weight is 418 g/mol. The SMILES string of the molecule is CN=C(NCC1CCN(Cc2nc(C)c(C)o2)CC1)NC(C)C(C)C1CCCCC1. The molecule has 1 saturated carbocycles. The van der Waals surface area contributed by atoms with Gasteiger partial charge in [0.25, 0.3) is 0 Å². The fourth-order valence-corrected chi connectivity index (χ4v) is 5.00. The number of rotatable bonds is 7. The second kappa shape index (κ2) is 11.2. The smallest absolute Gasteiger partial charge is 0.208 e. The van der Waals surface area contributed by atoms with E-state index in [4.69, 9.17) is 4.42 Å². The van der Waals surface area contributed by atoms with Crippen LogP contribution in [0.25, 0.3) is 0 Å². The Morgan fingerprint density at radius 1 is 1.13 bits per heavy atom. The lowest BCUT2D eigenvalue weighted by molar-refractivity contribution is 0.164. The minimum atomic E-state index is 0.453. The van der Waals surface area contributed by atoms with Gasteiger partial charge in [0, 0.05) is 19.6 Å². The van der Waals surface area contributed by atoms with Crippen molar-refractivity contribution >= 4 is 5.96 Å². The van der Waals surface area contributed by atoms with E-state index in [0.29, 0.717) is 17.9 Å². The first kappa shape index (κ1) is 23.1. The normalized spacial score (nSPS) is 22.1. The van der Waals surface area contributed by atoms with Gasteiger partial charge >= 0.3 is 0 Å². The summed E-state index contributed by atoms with van der Waals surface area (Å²) in [6, 6.07) is 0.453. The van der Waals surface area contributed by atoms with Crippen molar-refractivity contribution in [2.75, 3.05) is 26.7 Å². The molecular weight excluding hydrogens is 374 g/mol. The monoisotopic (exact) mass is 417 g/mol. The number of likely N-dealkylation sites (tertiary alicyclic amines) is 1. The molecule has 1 aliphatic carbocycles. The summed E-state index contributed by atoms with van der Waals surface area (Å²) >= 11 is 0. The lowest BCUT2D eigenvalue weighted by Gasteiger charge is -2.34. The molecule has 6 nitrogen and oxygen atoms in total. The van der Waals surface area contributed by atoms with Crippen LogP contribution in [-0.4, -0.2) is 48.6 Å². The zero-order chi connectivity index (χ0) is 21.5. The molecule has 2 unspecified atom stereocenters. The Kier molecular flexibility index (Phi) is 8.61. The van der Waals surface area contributed by atoms with Crippen LogP contribution in [0.4, 0.5) is 0 Å². The fraction of sp³-hybridized carbons (Fsp3) is 0.833. The van der Waals surface area contributed by atoms with E-state index in [1.165, 1.54) is 44.9 Å². The highest BCUT2D eigenvalue weighted by Crippen LogP contribution is 2.31. The Morgan fingerprint density at radius 3 is 2.43 bits per heavy atom. The largest absolute Gasteiger partial charge is 0.444 e. The van der Waals surface area contributed by atoms with Gasteiger partial charge in [0.1, 0.15) is 5.76 Å². The summed E-state index contributed by atoms with van der Waals surface area (Å²) in [5.41, 5.74) is 1.01. The average Bonchev–Trinajstić information content (AvgIpc) is 3.08. The van der Waals surface area contributed by atoms with Crippen molar-refractivity contribution in [2.24, 2.45) is 22.7 Å². The van der Waals surface area contributed by atoms with Crippen molar-refractivity contribution in [3.8, 4) is 0 Å². The number of piperidine rings is 1. The van der Waals surface area contributed by atoms with Crippen molar-refractivity contribution in [3.63, 3.8) is 0 Å². The first-order valence-corrected chi connectivity index (χ1v) is 12.1. The van der Waals surface area contributed by atoms with E-state index >= 15 is 0 Å². The predicted octanol–water partition coefficient (Wildman–Crippen LogP) is 4.27. The molecule has 1 aromatic rings. The number of aromatic nitrogens is 1. The van der Waals surface area contributed by atoms with Crippen LogP contribution in [0.1, 0.15) is 76.1 Å². The van der Waals surface area contributed by atoms with E-state index in [2.05, 4.69) is 39.4 Å². The Hall–Kier alpha value is -1.56. The van der Waals surface area contributed by atoms with Crippen LogP contribution < -0.4 is 10.6 Å². The summed E-state index contributed by atoms with van der Waals surface area (Å²) in [7, 11) is 1.89. The van der Waals surface area contributed by atoms with Crippen molar-refractivity contribution < 1.29 is 4.42 Å². The Balaban J connectivity index is 1.37. The number of aryl methyl sites for hydroxylation is 2. The molecule has 1 saturated heterocycles. The summed E-state index contributed by atoms with van der Waals surface area (Å²) < 4.78 is 5.75. The fourth-order valence-electron chi connectivity index (χ4n) is 5.00. The van der Waals surface area contributed by atoms with Crippen molar-refractivity contribution in [1.29, 1.82) is 0 Å². The van der Waals surface area contributed by atoms with E-state index in [0.717, 1.165) is 55.4 Å². The summed E-state index contributed by atoms with van der Waals surface area (Å²) in [4.78, 5) is 11.5. The number of aliphatic imine (C=N–C) groups is 1. The van der Waals surface area contributed by atoms with Gasteiger partial charge in [-0.25, -0.2) is 4.98 Å². The molecule has 1 aromatic heterocycles. The van der Waals surface area contributed by atoms with Crippen LogP contribution in [0.3, 0.4) is 0 Å². The first-order chi connectivity index (χ1) is 14.5. The molecule has 0 amide bonds. The maximum Gasteiger partial charge on any atom is 0.208 e. The summed E-state index contributed by atoms with van der Waals surface area (Å²) in [6.07, 6.45) is 9.43. The molecule has 2 heterocycles. The van der Waals surface area contributed by atoms with Gasteiger partial charge in [0.2, 0.25) is 5.89 Å². The molecule has 30 heavy (non-hydrogen) atoms. The summed E-state index contributed by atoms with van der Waals surface area (Å²) in [5.74, 6) is 4.99. The summed E-state index contributed by atoms with van der Waals surface area (Å²) in [6.45, 7) is 12.8. The van der Waals surface area contributed by atoms with Gasteiger partial charge in [0.05, 0.1) is 12.2 Å². The molecule has 2 atom stereocenters. The van der Waals surface area contributed by atoms with E-state index in [9.17, 15) is 0 Å². The summed E-state index contributed by atoms with van der Waals surface area (Å²) in [5, 5.41) is 7.25. The van der Waals surface area contributed by atoms with Gasteiger partial charge in [-0.2, -0.15) is 0 Å². The molecule has 3 rings (SSSR count). The van der Waals surface area contributed by atoms with Crippen molar-refractivity contribution in [1.82, 2.24) is 20.5 Å². The second-order valence-electron chi connectivity index (χ2n) is 9.61. The molecular formula is C24H43N5O. The van der Waals surface area contributed by atoms with Gasteiger partial charge in [0.15, 0.2) is 5.96 Å². The third kappa shape index (κ3) is 6.47. The number of oxazole rings is 1. The number of nitrogens with one attached hydrogen (secondary N) is 2. The van der Waals surface area contributed by atoms with E-state index in [1.54, 1.807) is 0 Å². The molecule has 0 radical (unpaired) electrons. The molecule has 2 fully saturated rings.